The van der Waals surface area contributed by atoms with Crippen LogP contribution < -0.4 is 11.3 Å². The minimum absolute atomic E-state index is 0.229. The molecule has 1 aromatic heterocycles. The number of anilines is 1. The number of nitrogens with one attached hydrogen (secondary N) is 1. The molecule has 0 aliphatic carbocycles. The van der Waals surface area contributed by atoms with Gasteiger partial charge in [0, 0.05) is 5.56 Å². The Bertz CT molecular complexity index is 438. The molecule has 0 aliphatic rings. The highest BCUT2D eigenvalue weighted by Crippen LogP contribution is 2.19. The van der Waals surface area contributed by atoms with Crippen LogP contribution in [0.4, 0.5) is 5.82 Å². The van der Waals surface area contributed by atoms with E-state index in [4.69, 9.17) is 10.9 Å². The Labute approximate surface area is 86.6 Å². The van der Waals surface area contributed by atoms with Crippen molar-refractivity contribution in [2.45, 2.75) is 0 Å². The van der Waals surface area contributed by atoms with Crippen molar-refractivity contribution >= 4 is 5.82 Å². The number of hydrogen-bond donors (Lipinski definition) is 3. The fraction of sp³-hybridized carbons (Fsp3) is 0. The van der Waals surface area contributed by atoms with Crippen LogP contribution in [0.2, 0.25) is 0 Å². The molecule has 0 atom stereocenters. The topological polar surface area (TPSA) is 84.1 Å². The Hall–Kier alpha value is -2.14. The average molecular weight is 202 g/mol. The molecule has 15 heavy (non-hydrogen) atoms. The van der Waals surface area contributed by atoms with Gasteiger partial charge in [-0.3, -0.25) is 0 Å². The molecule has 0 saturated heterocycles. The molecule has 5 nitrogen and oxygen atoms in total. The van der Waals surface area contributed by atoms with E-state index in [1.165, 1.54) is 0 Å². The third kappa shape index (κ3) is 2.03. The summed E-state index contributed by atoms with van der Waals surface area (Å²) in [5, 5.41) is 16.9. The molecular weight excluding hydrogens is 192 g/mol. The number of phenols is 1. The number of hydrogen-bond acceptors (Lipinski definition) is 5. The number of aromatic hydroxyl groups is 1. The highest BCUT2D eigenvalue weighted by atomic mass is 16.3. The number of hydrazine groups is 1. The summed E-state index contributed by atoms with van der Waals surface area (Å²) in [6.45, 7) is 0. The van der Waals surface area contributed by atoms with Gasteiger partial charge in [0.2, 0.25) is 0 Å². The van der Waals surface area contributed by atoms with Gasteiger partial charge < -0.3 is 10.5 Å². The summed E-state index contributed by atoms with van der Waals surface area (Å²) < 4.78 is 0. The Morgan fingerprint density at radius 1 is 1.00 bits per heavy atom. The van der Waals surface area contributed by atoms with Crippen LogP contribution in [0.1, 0.15) is 0 Å². The van der Waals surface area contributed by atoms with E-state index in [1.54, 1.807) is 36.4 Å². The van der Waals surface area contributed by atoms with Crippen LogP contribution >= 0.6 is 0 Å². The van der Waals surface area contributed by atoms with Gasteiger partial charge in [-0.15, -0.1) is 10.2 Å². The second kappa shape index (κ2) is 3.93. The maximum atomic E-state index is 9.12. The van der Waals surface area contributed by atoms with Crippen molar-refractivity contribution in [3.05, 3.63) is 36.4 Å². The van der Waals surface area contributed by atoms with Crippen LogP contribution in [-0.2, 0) is 0 Å². The molecule has 0 fully saturated rings. The van der Waals surface area contributed by atoms with Crippen LogP contribution in [0.5, 0.6) is 5.75 Å². The Balaban J connectivity index is 2.33. The standard InChI is InChI=1S/C10H10N4O/c11-12-10-6-5-9(13-14-10)7-1-3-8(15)4-2-7/h1-6,15H,11H2,(H,12,14). The summed E-state index contributed by atoms with van der Waals surface area (Å²) in [5.74, 6) is 5.91. The minimum atomic E-state index is 0.229. The van der Waals surface area contributed by atoms with E-state index in [2.05, 4.69) is 15.6 Å². The molecule has 0 saturated carbocycles. The lowest BCUT2D eigenvalue weighted by atomic mass is 10.1. The molecule has 5 heteroatoms. The maximum absolute atomic E-state index is 9.12. The van der Waals surface area contributed by atoms with Gasteiger partial charge in [-0.2, -0.15) is 0 Å². The summed E-state index contributed by atoms with van der Waals surface area (Å²) in [4.78, 5) is 0. The molecule has 76 valence electrons. The van der Waals surface area contributed by atoms with Crippen molar-refractivity contribution < 1.29 is 5.11 Å². The molecule has 0 unspecified atom stereocenters. The molecule has 0 bridgehead atoms. The summed E-state index contributed by atoms with van der Waals surface area (Å²) in [6, 6.07) is 10.3. The first-order chi connectivity index (χ1) is 7.29. The van der Waals surface area contributed by atoms with Gasteiger partial charge in [-0.1, -0.05) is 0 Å². The Morgan fingerprint density at radius 3 is 2.27 bits per heavy atom. The number of rotatable bonds is 2. The van der Waals surface area contributed by atoms with Gasteiger partial charge in [-0.25, -0.2) is 5.84 Å². The van der Waals surface area contributed by atoms with Crippen LogP contribution in [0.15, 0.2) is 36.4 Å². The van der Waals surface area contributed by atoms with E-state index in [-0.39, 0.29) is 5.75 Å². The fourth-order valence-corrected chi connectivity index (χ4v) is 1.20. The van der Waals surface area contributed by atoms with Crippen LogP contribution in [0.3, 0.4) is 0 Å². The van der Waals surface area contributed by atoms with Crippen LogP contribution in [0.25, 0.3) is 11.3 Å². The molecule has 0 radical (unpaired) electrons. The zero-order valence-corrected chi connectivity index (χ0v) is 7.88. The lowest BCUT2D eigenvalue weighted by molar-refractivity contribution is 0.475. The van der Waals surface area contributed by atoms with E-state index in [0.717, 1.165) is 11.3 Å². The number of nitrogen functional groups attached to an aromatic ring is 1. The molecule has 0 amide bonds. The number of benzene rings is 1. The predicted molar refractivity (Wildman–Crippen MR) is 56.9 cm³/mol. The van der Waals surface area contributed by atoms with Crippen molar-refractivity contribution in [1.29, 1.82) is 0 Å². The summed E-state index contributed by atoms with van der Waals surface area (Å²) in [7, 11) is 0. The molecule has 2 rings (SSSR count). The Morgan fingerprint density at radius 2 is 1.73 bits per heavy atom. The van der Waals surface area contributed by atoms with Gasteiger partial charge in [0.05, 0.1) is 5.69 Å². The highest BCUT2D eigenvalue weighted by molar-refractivity contribution is 5.60. The normalized spacial score (nSPS) is 9.93. The predicted octanol–water partition coefficient (Wildman–Crippen LogP) is 1.13. The zero-order valence-electron chi connectivity index (χ0n) is 7.88. The van der Waals surface area contributed by atoms with Crippen LogP contribution in [0, 0.1) is 0 Å². The van der Waals surface area contributed by atoms with Crippen molar-refractivity contribution in [2.75, 3.05) is 5.43 Å². The third-order valence-electron chi connectivity index (χ3n) is 1.98. The lowest BCUT2D eigenvalue weighted by Gasteiger charge is -2.01. The summed E-state index contributed by atoms with van der Waals surface area (Å²) >= 11 is 0. The van der Waals surface area contributed by atoms with E-state index >= 15 is 0 Å². The second-order valence-electron chi connectivity index (χ2n) is 3.00. The first kappa shape index (κ1) is 9.42. The number of nitrogens with two attached hydrogens (primary N) is 1. The molecule has 0 aliphatic heterocycles. The third-order valence-corrected chi connectivity index (χ3v) is 1.98. The number of aromatic nitrogens is 2. The van der Waals surface area contributed by atoms with Crippen molar-refractivity contribution in [3.8, 4) is 17.0 Å². The molecule has 4 N–H and O–H groups in total. The quantitative estimate of drug-likeness (QED) is 0.502. The average Bonchev–Trinajstić information content (AvgIpc) is 2.30. The van der Waals surface area contributed by atoms with Crippen molar-refractivity contribution in [3.63, 3.8) is 0 Å². The van der Waals surface area contributed by atoms with Crippen molar-refractivity contribution in [2.24, 2.45) is 5.84 Å². The monoisotopic (exact) mass is 202 g/mol. The van der Waals surface area contributed by atoms with E-state index < -0.39 is 0 Å². The first-order valence-electron chi connectivity index (χ1n) is 4.39. The van der Waals surface area contributed by atoms with Crippen LogP contribution in [-0.4, -0.2) is 15.3 Å². The fourth-order valence-electron chi connectivity index (χ4n) is 1.20. The molecule has 2 aromatic rings. The molecule has 1 aromatic carbocycles. The second-order valence-corrected chi connectivity index (χ2v) is 3.00. The lowest BCUT2D eigenvalue weighted by Crippen LogP contribution is -2.08. The van der Waals surface area contributed by atoms with E-state index in [9.17, 15) is 0 Å². The van der Waals surface area contributed by atoms with Gasteiger partial charge in [0.15, 0.2) is 5.82 Å². The Kier molecular flexibility index (Phi) is 2.47. The van der Waals surface area contributed by atoms with Gasteiger partial charge in [0.25, 0.3) is 0 Å². The molecule has 1 heterocycles. The first-order valence-corrected chi connectivity index (χ1v) is 4.39. The van der Waals surface area contributed by atoms with Crippen molar-refractivity contribution in [1.82, 2.24) is 10.2 Å². The largest absolute Gasteiger partial charge is 0.508 e. The van der Waals surface area contributed by atoms with E-state index in [1.807, 2.05) is 0 Å². The van der Waals surface area contributed by atoms with Gasteiger partial charge >= 0.3 is 0 Å². The smallest absolute Gasteiger partial charge is 0.162 e. The molecule has 0 spiro atoms. The minimum Gasteiger partial charge on any atom is -0.508 e. The summed E-state index contributed by atoms with van der Waals surface area (Å²) in [6.07, 6.45) is 0. The maximum Gasteiger partial charge on any atom is 0.162 e. The zero-order chi connectivity index (χ0) is 10.7. The van der Waals surface area contributed by atoms with E-state index in [0.29, 0.717) is 5.82 Å². The highest BCUT2D eigenvalue weighted by Gasteiger charge is 2.00. The van der Waals surface area contributed by atoms with Gasteiger partial charge in [0.1, 0.15) is 5.75 Å². The van der Waals surface area contributed by atoms with Gasteiger partial charge in [-0.05, 0) is 36.4 Å². The summed E-state index contributed by atoms with van der Waals surface area (Å²) in [5.41, 5.74) is 4.02. The number of nitrogens with zero attached hydrogens (tertiary/aromatic N) is 2. The molecular formula is C10H10N4O. The SMILES string of the molecule is NNc1ccc(-c2ccc(O)cc2)nn1. The number of phenolic OH excluding ortho intramolecular Hbond substituents is 1.